The summed E-state index contributed by atoms with van der Waals surface area (Å²) in [6.07, 6.45) is 1.90. The van der Waals surface area contributed by atoms with Crippen LogP contribution in [0.2, 0.25) is 5.02 Å². The Morgan fingerprint density at radius 3 is 2.90 bits per heavy atom. The van der Waals surface area contributed by atoms with Crippen LogP contribution in [0.1, 0.15) is 16.9 Å². The van der Waals surface area contributed by atoms with E-state index >= 15 is 0 Å². The van der Waals surface area contributed by atoms with Gasteiger partial charge in [0.05, 0.1) is 18.1 Å². The number of carbonyl (C=O) groups excluding carboxylic acids is 1. The van der Waals surface area contributed by atoms with Crippen LogP contribution in [0.4, 0.5) is 0 Å². The summed E-state index contributed by atoms with van der Waals surface area (Å²) < 4.78 is 28.3. The molecule has 1 amide bonds. The quantitative estimate of drug-likeness (QED) is 0.804. The number of sulfone groups is 1. The smallest absolute Gasteiger partial charge is 0.272 e. The highest BCUT2D eigenvalue weighted by Crippen LogP contribution is 2.20. The number of pyridine rings is 1. The minimum Gasteiger partial charge on any atom is -0.383 e. The third kappa shape index (κ3) is 4.15. The van der Waals surface area contributed by atoms with Gasteiger partial charge in [0.2, 0.25) is 0 Å². The number of hydrogen-bond acceptors (Lipinski definition) is 5. The van der Waals surface area contributed by atoms with Gasteiger partial charge in [-0.2, -0.15) is 0 Å². The average Bonchev–Trinajstić information content (AvgIpc) is 2.79. The van der Waals surface area contributed by atoms with E-state index in [9.17, 15) is 13.2 Å². The van der Waals surface area contributed by atoms with Crippen molar-refractivity contribution in [2.24, 2.45) is 0 Å². The summed E-state index contributed by atoms with van der Waals surface area (Å²) in [6, 6.07) is 2.73. The zero-order valence-electron chi connectivity index (χ0n) is 11.7. The molecular weight excluding hydrogens is 316 g/mol. The fourth-order valence-electron chi connectivity index (χ4n) is 2.33. The van der Waals surface area contributed by atoms with Gasteiger partial charge >= 0.3 is 0 Å². The summed E-state index contributed by atoms with van der Waals surface area (Å²) in [4.78, 5) is 18.1. The number of halogens is 1. The lowest BCUT2D eigenvalue weighted by atomic mass is 10.2. The van der Waals surface area contributed by atoms with Crippen LogP contribution in [0, 0.1) is 0 Å². The van der Waals surface area contributed by atoms with Crippen LogP contribution in [-0.2, 0) is 14.6 Å². The van der Waals surface area contributed by atoms with Gasteiger partial charge in [0.1, 0.15) is 5.69 Å². The molecule has 1 fully saturated rings. The molecule has 0 aliphatic carbocycles. The molecule has 1 aromatic heterocycles. The third-order valence-electron chi connectivity index (χ3n) is 3.39. The van der Waals surface area contributed by atoms with Gasteiger partial charge in [-0.1, -0.05) is 11.6 Å². The zero-order chi connectivity index (χ0) is 15.5. The second-order valence-corrected chi connectivity index (χ2v) is 7.57. The molecule has 2 rings (SSSR count). The van der Waals surface area contributed by atoms with Crippen molar-refractivity contribution in [3.63, 3.8) is 0 Å². The fraction of sp³-hybridized carbons (Fsp3) is 0.538. The molecule has 8 heteroatoms. The van der Waals surface area contributed by atoms with Crippen LogP contribution in [-0.4, -0.2) is 62.0 Å². The monoisotopic (exact) mass is 332 g/mol. The first-order chi connectivity index (χ1) is 9.93. The molecule has 0 aromatic carbocycles. The fourth-order valence-corrected chi connectivity index (χ4v) is 4.22. The highest BCUT2D eigenvalue weighted by Gasteiger charge is 2.35. The first-order valence-corrected chi connectivity index (χ1v) is 8.75. The first kappa shape index (κ1) is 16.2. The molecule has 0 spiro atoms. The Balaban J connectivity index is 2.21. The molecule has 1 aromatic rings. The Bertz CT molecular complexity index is 620. The van der Waals surface area contributed by atoms with Crippen molar-refractivity contribution >= 4 is 27.3 Å². The van der Waals surface area contributed by atoms with Crippen molar-refractivity contribution in [2.75, 3.05) is 31.8 Å². The molecule has 6 nitrogen and oxygen atoms in total. The van der Waals surface area contributed by atoms with Crippen LogP contribution in [0.25, 0.3) is 0 Å². The summed E-state index contributed by atoms with van der Waals surface area (Å²) in [6.45, 7) is 0.659. The molecule has 0 N–H and O–H groups in total. The lowest BCUT2D eigenvalue weighted by Gasteiger charge is -2.27. The largest absolute Gasteiger partial charge is 0.383 e. The molecule has 0 radical (unpaired) electrons. The van der Waals surface area contributed by atoms with Crippen LogP contribution in [0.5, 0.6) is 0 Å². The number of hydrogen-bond donors (Lipinski definition) is 0. The van der Waals surface area contributed by atoms with E-state index in [-0.39, 0.29) is 29.1 Å². The van der Waals surface area contributed by atoms with Gasteiger partial charge in [-0.15, -0.1) is 0 Å². The van der Waals surface area contributed by atoms with E-state index in [1.165, 1.54) is 24.3 Å². The predicted molar refractivity (Wildman–Crippen MR) is 79.2 cm³/mol. The van der Waals surface area contributed by atoms with Crippen molar-refractivity contribution in [3.8, 4) is 0 Å². The lowest BCUT2D eigenvalue weighted by molar-refractivity contribution is 0.0618. The summed E-state index contributed by atoms with van der Waals surface area (Å²) in [5.74, 6) is -0.225. The first-order valence-electron chi connectivity index (χ1n) is 6.55. The van der Waals surface area contributed by atoms with Crippen LogP contribution in [0.3, 0.4) is 0 Å². The normalized spacial score (nSPS) is 20.4. The van der Waals surface area contributed by atoms with Crippen LogP contribution >= 0.6 is 11.6 Å². The van der Waals surface area contributed by atoms with E-state index in [2.05, 4.69) is 4.98 Å². The third-order valence-corrected chi connectivity index (χ3v) is 5.37. The molecule has 0 saturated carbocycles. The molecule has 1 aliphatic heterocycles. The van der Waals surface area contributed by atoms with E-state index in [1.54, 1.807) is 6.07 Å². The molecule has 1 saturated heterocycles. The summed E-state index contributed by atoms with van der Waals surface area (Å²) in [5.41, 5.74) is 0.211. The van der Waals surface area contributed by atoms with Crippen molar-refractivity contribution in [3.05, 3.63) is 29.0 Å². The minimum atomic E-state index is -3.07. The highest BCUT2D eigenvalue weighted by molar-refractivity contribution is 7.91. The minimum absolute atomic E-state index is 0.0109. The Kier molecular flexibility index (Phi) is 5.18. The van der Waals surface area contributed by atoms with Gasteiger partial charge < -0.3 is 9.64 Å². The number of rotatable bonds is 5. The lowest BCUT2D eigenvalue weighted by Crippen LogP contribution is -2.43. The Labute approximate surface area is 129 Å². The molecule has 1 unspecified atom stereocenters. The highest BCUT2D eigenvalue weighted by atomic mass is 35.5. The Morgan fingerprint density at radius 2 is 2.33 bits per heavy atom. The molecule has 21 heavy (non-hydrogen) atoms. The predicted octanol–water partition coefficient (Wildman–Crippen LogP) is 1.01. The molecule has 116 valence electrons. The van der Waals surface area contributed by atoms with E-state index in [0.29, 0.717) is 24.6 Å². The van der Waals surface area contributed by atoms with E-state index in [1.807, 2.05) is 0 Å². The second kappa shape index (κ2) is 6.72. The van der Waals surface area contributed by atoms with Crippen molar-refractivity contribution < 1.29 is 17.9 Å². The number of ether oxygens (including phenoxy) is 1. The Hall–Kier alpha value is -1.18. The molecule has 0 bridgehead atoms. The molecule has 2 heterocycles. The average molecular weight is 333 g/mol. The maximum Gasteiger partial charge on any atom is 0.272 e. The van der Waals surface area contributed by atoms with Crippen LogP contribution < -0.4 is 0 Å². The van der Waals surface area contributed by atoms with Gasteiger partial charge in [0.15, 0.2) is 9.84 Å². The van der Waals surface area contributed by atoms with Gasteiger partial charge in [-0.05, 0) is 18.6 Å². The van der Waals surface area contributed by atoms with E-state index in [0.717, 1.165) is 0 Å². The second-order valence-electron chi connectivity index (χ2n) is 4.91. The van der Waals surface area contributed by atoms with Gasteiger partial charge in [-0.3, -0.25) is 9.78 Å². The van der Waals surface area contributed by atoms with Crippen LogP contribution in [0.15, 0.2) is 18.3 Å². The number of nitrogens with zero attached hydrogens (tertiary/aromatic N) is 2. The summed E-state index contributed by atoms with van der Waals surface area (Å²) in [5, 5.41) is 0.416. The molecule has 1 atom stereocenters. The van der Waals surface area contributed by atoms with Gasteiger partial charge in [-0.25, -0.2) is 8.42 Å². The van der Waals surface area contributed by atoms with Crippen molar-refractivity contribution in [1.82, 2.24) is 9.88 Å². The van der Waals surface area contributed by atoms with Gasteiger partial charge in [0.25, 0.3) is 5.91 Å². The van der Waals surface area contributed by atoms with E-state index < -0.39 is 9.84 Å². The maximum atomic E-state index is 12.6. The Morgan fingerprint density at radius 1 is 1.57 bits per heavy atom. The summed E-state index contributed by atoms with van der Waals surface area (Å²) >= 11 is 5.87. The molecular formula is C13H17ClN2O4S. The van der Waals surface area contributed by atoms with Crippen molar-refractivity contribution in [2.45, 2.75) is 12.5 Å². The number of carbonyl (C=O) groups is 1. The number of amides is 1. The summed E-state index contributed by atoms with van der Waals surface area (Å²) in [7, 11) is -1.54. The topological polar surface area (TPSA) is 76.6 Å². The van der Waals surface area contributed by atoms with Crippen molar-refractivity contribution in [1.29, 1.82) is 0 Å². The SMILES string of the molecule is COCCN(C(=O)c1cc(Cl)ccn1)C1CCS(=O)(=O)C1. The maximum absolute atomic E-state index is 12.6. The molecule has 1 aliphatic rings. The zero-order valence-corrected chi connectivity index (χ0v) is 13.2. The number of aromatic nitrogens is 1. The standard InChI is InChI=1S/C13H17ClN2O4S/c1-20-6-5-16(11-3-7-21(18,19)9-11)13(17)12-8-10(14)2-4-15-12/h2,4,8,11H,3,5-7,9H2,1H3. The van der Waals surface area contributed by atoms with E-state index in [4.69, 9.17) is 16.3 Å². The number of methoxy groups -OCH3 is 1. The van der Waals surface area contributed by atoms with Gasteiger partial charge in [0, 0.05) is 30.9 Å².